The minimum atomic E-state index is -0.599. The monoisotopic (exact) mass is 237 g/mol. The van der Waals surface area contributed by atoms with Crippen molar-refractivity contribution in [2.45, 2.75) is 19.4 Å². The van der Waals surface area contributed by atoms with Crippen LogP contribution in [0.5, 0.6) is 11.5 Å². The lowest BCUT2D eigenvalue weighted by Crippen LogP contribution is -2.37. The first kappa shape index (κ1) is 11.7. The number of phenolic OH excluding ortho intramolecular Hbond substituents is 1. The Morgan fingerprint density at radius 3 is 2.76 bits per heavy atom. The van der Waals surface area contributed by atoms with E-state index in [1.807, 2.05) is 0 Å². The molecule has 2 rings (SSSR count). The van der Waals surface area contributed by atoms with Gasteiger partial charge in [0.2, 0.25) is 0 Å². The Morgan fingerprint density at radius 1 is 1.47 bits per heavy atom. The molecule has 0 spiro atoms. The maximum Gasteiger partial charge on any atom is 0.286 e. The highest BCUT2D eigenvalue weighted by atomic mass is 16.7. The van der Waals surface area contributed by atoms with Gasteiger partial charge in [-0.1, -0.05) is 0 Å². The first-order valence-corrected chi connectivity index (χ1v) is 5.57. The zero-order valence-corrected chi connectivity index (χ0v) is 9.63. The molecule has 0 radical (unpaired) electrons. The summed E-state index contributed by atoms with van der Waals surface area (Å²) in [5, 5.41) is 10.5. The SMILES string of the molecule is CC(Oc1ccc(O)cc1)C(=O)N1CCCO1. The number of carbonyl (C=O) groups is 1. The van der Waals surface area contributed by atoms with Gasteiger partial charge < -0.3 is 9.84 Å². The molecular weight excluding hydrogens is 222 g/mol. The Balaban J connectivity index is 1.93. The fourth-order valence-electron chi connectivity index (χ4n) is 1.60. The van der Waals surface area contributed by atoms with Gasteiger partial charge in [0.25, 0.3) is 5.91 Å². The number of hydrogen-bond donors (Lipinski definition) is 1. The normalized spacial score (nSPS) is 16.9. The molecule has 1 saturated heterocycles. The molecule has 5 heteroatoms. The average molecular weight is 237 g/mol. The van der Waals surface area contributed by atoms with Crippen molar-refractivity contribution in [3.63, 3.8) is 0 Å². The standard InChI is InChI=1S/C12H15NO4/c1-9(12(15)13-7-2-8-16-13)17-11-5-3-10(14)4-6-11/h3-6,9,14H,2,7-8H2,1H3. The molecule has 1 aromatic rings. The molecule has 0 aliphatic carbocycles. The summed E-state index contributed by atoms with van der Waals surface area (Å²) in [4.78, 5) is 17.0. The lowest BCUT2D eigenvalue weighted by atomic mass is 10.3. The fourth-order valence-corrected chi connectivity index (χ4v) is 1.60. The van der Waals surface area contributed by atoms with Gasteiger partial charge in [0.15, 0.2) is 6.10 Å². The average Bonchev–Trinajstić information content (AvgIpc) is 2.84. The predicted octanol–water partition coefficient (Wildman–Crippen LogP) is 1.32. The molecule has 1 unspecified atom stereocenters. The summed E-state index contributed by atoms with van der Waals surface area (Å²) in [6, 6.07) is 6.26. The Kier molecular flexibility index (Phi) is 3.49. The number of hydroxylamine groups is 2. The zero-order chi connectivity index (χ0) is 12.3. The van der Waals surface area contributed by atoms with Crippen LogP contribution in [0, 0.1) is 0 Å². The Hall–Kier alpha value is -1.75. The Bertz CT molecular complexity index is 384. The summed E-state index contributed by atoms with van der Waals surface area (Å²) in [5.74, 6) is 0.526. The van der Waals surface area contributed by atoms with E-state index in [0.717, 1.165) is 6.42 Å². The van der Waals surface area contributed by atoms with Crippen LogP contribution in [0.1, 0.15) is 13.3 Å². The summed E-state index contributed by atoms with van der Waals surface area (Å²) in [6.07, 6.45) is 0.259. The van der Waals surface area contributed by atoms with Crippen LogP contribution in [0.3, 0.4) is 0 Å². The molecule has 0 bridgehead atoms. The smallest absolute Gasteiger partial charge is 0.286 e. The number of amides is 1. The van der Waals surface area contributed by atoms with E-state index in [9.17, 15) is 4.79 Å². The molecule has 1 aliphatic heterocycles. The van der Waals surface area contributed by atoms with E-state index in [2.05, 4.69) is 0 Å². The molecular formula is C12H15NO4. The highest BCUT2D eigenvalue weighted by molar-refractivity contribution is 5.80. The molecule has 1 atom stereocenters. The number of nitrogens with zero attached hydrogens (tertiary/aromatic N) is 1. The molecule has 1 fully saturated rings. The second-order valence-corrected chi connectivity index (χ2v) is 3.88. The second-order valence-electron chi connectivity index (χ2n) is 3.88. The van der Waals surface area contributed by atoms with Crippen molar-refractivity contribution < 1.29 is 19.5 Å². The van der Waals surface area contributed by atoms with E-state index >= 15 is 0 Å². The molecule has 92 valence electrons. The van der Waals surface area contributed by atoms with Crippen LogP contribution in [-0.2, 0) is 9.63 Å². The van der Waals surface area contributed by atoms with Crippen LogP contribution < -0.4 is 4.74 Å². The maximum atomic E-state index is 11.8. The van der Waals surface area contributed by atoms with Gasteiger partial charge in [-0.05, 0) is 37.6 Å². The van der Waals surface area contributed by atoms with E-state index in [0.29, 0.717) is 18.9 Å². The van der Waals surface area contributed by atoms with Gasteiger partial charge in [0, 0.05) is 0 Å². The summed E-state index contributed by atoms with van der Waals surface area (Å²) in [5.41, 5.74) is 0. The van der Waals surface area contributed by atoms with Crippen molar-refractivity contribution in [2.24, 2.45) is 0 Å². The zero-order valence-electron chi connectivity index (χ0n) is 9.63. The quantitative estimate of drug-likeness (QED) is 0.861. The third kappa shape index (κ3) is 2.88. The van der Waals surface area contributed by atoms with Crippen molar-refractivity contribution in [1.29, 1.82) is 0 Å². The van der Waals surface area contributed by atoms with Crippen molar-refractivity contribution in [3.8, 4) is 11.5 Å². The number of carbonyl (C=O) groups excluding carboxylic acids is 1. The van der Waals surface area contributed by atoms with Crippen LogP contribution in [0.2, 0.25) is 0 Å². The van der Waals surface area contributed by atoms with Crippen molar-refractivity contribution in [2.75, 3.05) is 13.2 Å². The third-order valence-corrected chi connectivity index (χ3v) is 2.50. The van der Waals surface area contributed by atoms with E-state index in [1.165, 1.54) is 17.2 Å². The van der Waals surface area contributed by atoms with Crippen molar-refractivity contribution in [1.82, 2.24) is 5.06 Å². The van der Waals surface area contributed by atoms with Crippen molar-refractivity contribution >= 4 is 5.91 Å². The minimum Gasteiger partial charge on any atom is -0.508 e. The second kappa shape index (κ2) is 5.05. The molecule has 1 aliphatic rings. The van der Waals surface area contributed by atoms with Gasteiger partial charge >= 0.3 is 0 Å². The number of hydrogen-bond acceptors (Lipinski definition) is 4. The van der Waals surface area contributed by atoms with Crippen LogP contribution in [0.15, 0.2) is 24.3 Å². The van der Waals surface area contributed by atoms with E-state index in [-0.39, 0.29) is 11.7 Å². The van der Waals surface area contributed by atoms with Crippen LogP contribution in [0.4, 0.5) is 0 Å². The van der Waals surface area contributed by atoms with Crippen LogP contribution in [0.25, 0.3) is 0 Å². The number of benzene rings is 1. The molecule has 1 aromatic carbocycles. The summed E-state index contributed by atoms with van der Waals surface area (Å²) in [7, 11) is 0. The molecule has 1 N–H and O–H groups in total. The summed E-state index contributed by atoms with van der Waals surface area (Å²) >= 11 is 0. The Labute approximate surface area is 99.5 Å². The number of phenols is 1. The van der Waals surface area contributed by atoms with E-state index in [4.69, 9.17) is 14.7 Å². The lowest BCUT2D eigenvalue weighted by Gasteiger charge is -2.19. The van der Waals surface area contributed by atoms with E-state index < -0.39 is 6.10 Å². The van der Waals surface area contributed by atoms with Gasteiger partial charge in [0.05, 0.1) is 13.2 Å². The molecule has 0 saturated carbocycles. The number of aromatic hydroxyl groups is 1. The van der Waals surface area contributed by atoms with Gasteiger partial charge in [0.1, 0.15) is 11.5 Å². The molecule has 0 aromatic heterocycles. The first-order chi connectivity index (χ1) is 8.16. The topological polar surface area (TPSA) is 59.0 Å². The van der Waals surface area contributed by atoms with E-state index in [1.54, 1.807) is 19.1 Å². The largest absolute Gasteiger partial charge is 0.508 e. The van der Waals surface area contributed by atoms with Gasteiger partial charge in [-0.15, -0.1) is 0 Å². The van der Waals surface area contributed by atoms with Gasteiger partial charge in [-0.2, -0.15) is 0 Å². The summed E-state index contributed by atoms with van der Waals surface area (Å²) in [6.45, 7) is 2.87. The third-order valence-electron chi connectivity index (χ3n) is 2.50. The van der Waals surface area contributed by atoms with Crippen LogP contribution >= 0.6 is 0 Å². The number of ether oxygens (including phenoxy) is 1. The molecule has 1 amide bonds. The Morgan fingerprint density at radius 2 is 2.18 bits per heavy atom. The summed E-state index contributed by atoms with van der Waals surface area (Å²) < 4.78 is 5.46. The van der Waals surface area contributed by atoms with Gasteiger partial charge in [-0.3, -0.25) is 9.63 Å². The van der Waals surface area contributed by atoms with Crippen LogP contribution in [-0.4, -0.2) is 35.3 Å². The first-order valence-electron chi connectivity index (χ1n) is 5.57. The highest BCUT2D eigenvalue weighted by Gasteiger charge is 2.25. The fraction of sp³-hybridized carbons (Fsp3) is 0.417. The number of rotatable bonds is 3. The van der Waals surface area contributed by atoms with Crippen molar-refractivity contribution in [3.05, 3.63) is 24.3 Å². The molecule has 5 nitrogen and oxygen atoms in total. The maximum absolute atomic E-state index is 11.8. The highest BCUT2D eigenvalue weighted by Crippen LogP contribution is 2.18. The molecule has 17 heavy (non-hydrogen) atoms. The predicted molar refractivity (Wildman–Crippen MR) is 60.5 cm³/mol. The van der Waals surface area contributed by atoms with Gasteiger partial charge in [-0.25, -0.2) is 5.06 Å². The lowest BCUT2D eigenvalue weighted by molar-refractivity contribution is -0.175. The molecule has 1 heterocycles. The minimum absolute atomic E-state index is 0.166.